The summed E-state index contributed by atoms with van der Waals surface area (Å²) in [4.78, 5) is 22.6. The summed E-state index contributed by atoms with van der Waals surface area (Å²) < 4.78 is 4.82. The lowest BCUT2D eigenvalue weighted by Crippen LogP contribution is -2.35. The number of carbonyl (C=O) groups excluding carboxylic acids is 2. The molecule has 1 aliphatic rings. The molecule has 1 unspecified atom stereocenters. The molecule has 1 fully saturated rings. The van der Waals surface area contributed by atoms with Crippen LogP contribution in [0.2, 0.25) is 0 Å². The Hall–Kier alpha value is -0.380. The van der Waals surface area contributed by atoms with Crippen molar-refractivity contribution in [2.45, 2.75) is 31.0 Å². The highest BCUT2D eigenvalue weighted by atomic mass is 79.9. The molecule has 0 radical (unpaired) electrons. The minimum Gasteiger partial charge on any atom is -0.465 e. The van der Waals surface area contributed by atoms with Gasteiger partial charge in [0, 0.05) is 0 Å². The zero-order valence-electron chi connectivity index (χ0n) is 7.59. The van der Waals surface area contributed by atoms with Gasteiger partial charge in [-0.3, -0.25) is 9.59 Å². The van der Waals surface area contributed by atoms with Crippen molar-refractivity contribution in [2.24, 2.45) is 5.92 Å². The predicted octanol–water partition coefficient (Wildman–Crippen LogP) is 1.68. The van der Waals surface area contributed by atoms with E-state index in [4.69, 9.17) is 4.74 Å². The van der Waals surface area contributed by atoms with Gasteiger partial charge < -0.3 is 4.74 Å². The molecule has 0 amide bonds. The molecule has 0 N–H and O–H groups in total. The van der Waals surface area contributed by atoms with Crippen LogP contribution in [0.25, 0.3) is 0 Å². The summed E-state index contributed by atoms with van der Waals surface area (Å²) in [5.74, 6) is -0.917. The first-order valence-corrected chi connectivity index (χ1v) is 5.42. The van der Waals surface area contributed by atoms with E-state index in [2.05, 4.69) is 15.9 Å². The molecule has 4 heteroatoms. The van der Waals surface area contributed by atoms with Crippen molar-refractivity contribution in [3.63, 3.8) is 0 Å². The van der Waals surface area contributed by atoms with E-state index in [1.54, 1.807) is 6.92 Å². The van der Waals surface area contributed by atoms with Gasteiger partial charge in [-0.1, -0.05) is 22.4 Å². The van der Waals surface area contributed by atoms with Gasteiger partial charge in [0.25, 0.3) is 0 Å². The summed E-state index contributed by atoms with van der Waals surface area (Å²) in [7, 11) is 0. The van der Waals surface area contributed by atoms with Gasteiger partial charge in [0.1, 0.15) is 5.92 Å². The van der Waals surface area contributed by atoms with Crippen LogP contribution < -0.4 is 0 Å². The highest BCUT2D eigenvalue weighted by Crippen LogP contribution is 2.26. The summed E-state index contributed by atoms with van der Waals surface area (Å²) in [6, 6.07) is 0. The van der Waals surface area contributed by atoms with E-state index in [-0.39, 0.29) is 16.6 Å². The zero-order chi connectivity index (χ0) is 9.84. The smallest absolute Gasteiger partial charge is 0.316 e. The second-order valence-electron chi connectivity index (χ2n) is 3.11. The predicted molar refractivity (Wildman–Crippen MR) is 51.7 cm³/mol. The van der Waals surface area contributed by atoms with Crippen LogP contribution in [0.5, 0.6) is 0 Å². The number of Topliss-reactive ketones (excluding diaryl/α,β-unsaturated/α-hetero) is 1. The summed E-state index contributed by atoms with van der Waals surface area (Å²) in [6.45, 7) is 2.09. The van der Waals surface area contributed by atoms with Gasteiger partial charge in [-0.25, -0.2) is 0 Å². The molecule has 1 rings (SSSR count). The average Bonchev–Trinajstić information content (AvgIpc) is 2.10. The number of rotatable bonds is 2. The first kappa shape index (κ1) is 10.7. The molecule has 0 aromatic heterocycles. The first-order chi connectivity index (χ1) is 6.16. The lowest BCUT2D eigenvalue weighted by atomic mass is 9.88. The van der Waals surface area contributed by atoms with Gasteiger partial charge in [0.05, 0.1) is 11.4 Å². The van der Waals surface area contributed by atoms with Crippen LogP contribution in [-0.2, 0) is 14.3 Å². The van der Waals surface area contributed by atoms with Crippen LogP contribution in [0.15, 0.2) is 0 Å². The first-order valence-electron chi connectivity index (χ1n) is 4.51. The Balaban J connectivity index is 2.57. The SMILES string of the molecule is CCOC(=O)C1CCC[C@H](Br)C1=O. The summed E-state index contributed by atoms with van der Waals surface area (Å²) >= 11 is 3.26. The van der Waals surface area contributed by atoms with Crippen molar-refractivity contribution in [3.05, 3.63) is 0 Å². The molecular weight excluding hydrogens is 236 g/mol. The zero-order valence-corrected chi connectivity index (χ0v) is 9.17. The molecular formula is C9H13BrO3. The summed E-state index contributed by atoms with van der Waals surface area (Å²) in [5, 5.41) is 0. The Morgan fingerprint density at radius 1 is 1.62 bits per heavy atom. The maximum atomic E-state index is 11.5. The minimum atomic E-state index is -0.530. The van der Waals surface area contributed by atoms with E-state index in [1.165, 1.54) is 0 Å². The van der Waals surface area contributed by atoms with Crippen molar-refractivity contribution in [1.29, 1.82) is 0 Å². The monoisotopic (exact) mass is 248 g/mol. The van der Waals surface area contributed by atoms with E-state index in [1.807, 2.05) is 0 Å². The van der Waals surface area contributed by atoms with Crippen molar-refractivity contribution in [2.75, 3.05) is 6.61 Å². The van der Waals surface area contributed by atoms with Gasteiger partial charge in [-0.05, 0) is 19.8 Å². The third-order valence-electron chi connectivity index (χ3n) is 2.17. The van der Waals surface area contributed by atoms with Crippen molar-refractivity contribution in [1.82, 2.24) is 0 Å². The number of ether oxygens (including phenoxy) is 1. The minimum absolute atomic E-state index is 0.0234. The molecule has 0 spiro atoms. The van der Waals surface area contributed by atoms with Crippen LogP contribution in [0, 0.1) is 5.92 Å². The van der Waals surface area contributed by atoms with Gasteiger partial charge in [0.15, 0.2) is 5.78 Å². The van der Waals surface area contributed by atoms with Gasteiger partial charge in [-0.15, -0.1) is 0 Å². The second-order valence-corrected chi connectivity index (χ2v) is 4.21. The van der Waals surface area contributed by atoms with E-state index >= 15 is 0 Å². The van der Waals surface area contributed by atoms with Crippen molar-refractivity contribution < 1.29 is 14.3 Å². The third kappa shape index (κ3) is 2.53. The van der Waals surface area contributed by atoms with Crippen LogP contribution in [0.4, 0.5) is 0 Å². The fourth-order valence-corrected chi connectivity index (χ4v) is 2.12. The topological polar surface area (TPSA) is 43.4 Å². The largest absolute Gasteiger partial charge is 0.465 e. The number of halogens is 1. The van der Waals surface area contributed by atoms with Gasteiger partial charge in [0.2, 0.25) is 0 Å². The molecule has 0 heterocycles. The normalized spacial score (nSPS) is 28.6. The Labute approximate surface area is 86.0 Å². The van der Waals surface area contributed by atoms with Crippen LogP contribution in [-0.4, -0.2) is 23.2 Å². The number of hydrogen-bond donors (Lipinski definition) is 0. The maximum absolute atomic E-state index is 11.5. The van der Waals surface area contributed by atoms with Crippen molar-refractivity contribution >= 4 is 27.7 Å². The summed E-state index contributed by atoms with van der Waals surface area (Å²) in [6.07, 6.45) is 2.37. The molecule has 0 aromatic carbocycles. The highest BCUT2D eigenvalue weighted by Gasteiger charge is 2.35. The maximum Gasteiger partial charge on any atom is 0.316 e. The lowest BCUT2D eigenvalue weighted by Gasteiger charge is -2.22. The van der Waals surface area contributed by atoms with Crippen LogP contribution >= 0.6 is 15.9 Å². The Kier molecular flexibility index (Phi) is 3.90. The lowest BCUT2D eigenvalue weighted by molar-refractivity contribution is -0.152. The molecule has 0 aromatic rings. The molecule has 74 valence electrons. The van der Waals surface area contributed by atoms with Crippen molar-refractivity contribution in [3.8, 4) is 0 Å². The number of alkyl halides is 1. The Morgan fingerprint density at radius 2 is 2.31 bits per heavy atom. The number of hydrogen-bond acceptors (Lipinski definition) is 3. The molecule has 3 nitrogen and oxygen atoms in total. The van der Waals surface area contributed by atoms with Crippen LogP contribution in [0.3, 0.4) is 0 Å². The molecule has 2 atom stereocenters. The fourth-order valence-electron chi connectivity index (χ4n) is 1.48. The molecule has 0 bridgehead atoms. The Bertz CT molecular complexity index is 215. The van der Waals surface area contributed by atoms with Gasteiger partial charge in [-0.2, -0.15) is 0 Å². The molecule has 13 heavy (non-hydrogen) atoms. The van der Waals surface area contributed by atoms with E-state index < -0.39 is 5.92 Å². The van der Waals surface area contributed by atoms with Crippen LogP contribution in [0.1, 0.15) is 26.2 Å². The fraction of sp³-hybridized carbons (Fsp3) is 0.778. The quantitative estimate of drug-likeness (QED) is 0.425. The van der Waals surface area contributed by atoms with E-state index in [0.717, 1.165) is 12.8 Å². The molecule has 0 saturated heterocycles. The average molecular weight is 249 g/mol. The van der Waals surface area contributed by atoms with E-state index in [0.29, 0.717) is 13.0 Å². The number of esters is 1. The number of carbonyl (C=O) groups is 2. The van der Waals surface area contributed by atoms with E-state index in [9.17, 15) is 9.59 Å². The molecule has 1 aliphatic carbocycles. The third-order valence-corrected chi connectivity index (χ3v) is 3.08. The van der Waals surface area contributed by atoms with Gasteiger partial charge >= 0.3 is 5.97 Å². The highest BCUT2D eigenvalue weighted by molar-refractivity contribution is 9.10. The Morgan fingerprint density at radius 3 is 2.92 bits per heavy atom. The number of ketones is 1. The molecule has 1 saturated carbocycles. The standard InChI is InChI=1S/C9H13BrO3/c1-2-13-9(12)6-4-3-5-7(10)8(6)11/h6-7H,2-5H2,1H3/t6?,7-/m0/s1. The summed E-state index contributed by atoms with van der Waals surface area (Å²) in [5.41, 5.74) is 0. The molecule has 0 aliphatic heterocycles. The second kappa shape index (κ2) is 4.74.